The molecule has 2 nitrogen and oxygen atoms in total. The van der Waals surface area contributed by atoms with Crippen LogP contribution in [0.15, 0.2) is 30.3 Å². The molecule has 90 valence electrons. The van der Waals surface area contributed by atoms with E-state index in [1.54, 1.807) is 0 Å². The van der Waals surface area contributed by atoms with E-state index in [0.717, 1.165) is 18.3 Å². The highest BCUT2D eigenvalue weighted by Crippen LogP contribution is 2.34. The van der Waals surface area contributed by atoms with Gasteiger partial charge < -0.3 is 4.57 Å². The minimum atomic E-state index is -2.34. The first kappa shape index (κ1) is 13.5. The van der Waals surface area contributed by atoms with Crippen molar-refractivity contribution in [2.24, 2.45) is 0 Å². The van der Waals surface area contributed by atoms with Gasteiger partial charge in [-0.1, -0.05) is 56.5 Å². The lowest BCUT2D eigenvalue weighted by atomic mass is 10.2. The molecule has 0 aliphatic heterocycles. The molecule has 0 amide bonds. The van der Waals surface area contributed by atoms with E-state index in [2.05, 4.69) is 12.0 Å². The van der Waals surface area contributed by atoms with E-state index in [4.69, 9.17) is 0 Å². The van der Waals surface area contributed by atoms with Gasteiger partial charge in [-0.3, -0.25) is 5.09 Å². The lowest BCUT2D eigenvalue weighted by Gasteiger charge is -2.14. The van der Waals surface area contributed by atoms with Crippen molar-refractivity contribution in [3.05, 3.63) is 30.3 Å². The molecule has 0 spiro atoms. The molecule has 1 N–H and O–H groups in total. The van der Waals surface area contributed by atoms with E-state index in [1.807, 2.05) is 37.0 Å². The first-order valence-electron chi connectivity index (χ1n) is 6.05. The maximum Gasteiger partial charge on any atom is 0.173 e. The first-order chi connectivity index (χ1) is 7.67. The highest BCUT2D eigenvalue weighted by Gasteiger charge is 2.15. The summed E-state index contributed by atoms with van der Waals surface area (Å²) < 4.78 is 12.3. The third kappa shape index (κ3) is 4.51. The van der Waals surface area contributed by atoms with Crippen LogP contribution >= 0.6 is 7.29 Å². The molecule has 0 radical (unpaired) electrons. The number of nitrogens with one attached hydrogen (secondary N) is 1. The van der Waals surface area contributed by atoms with Crippen molar-refractivity contribution in [1.29, 1.82) is 0 Å². The molecule has 0 bridgehead atoms. The normalized spacial score (nSPS) is 14.6. The smallest absolute Gasteiger partial charge is 0.173 e. The molecule has 1 aromatic carbocycles. The van der Waals surface area contributed by atoms with E-state index >= 15 is 0 Å². The van der Waals surface area contributed by atoms with Gasteiger partial charge in [0.2, 0.25) is 0 Å². The molecule has 1 atom stereocenters. The fourth-order valence-corrected chi connectivity index (χ4v) is 3.16. The standard InChI is InChI=1S/C13H22NOP/c1-3-4-5-9-12-14-16(2,15)13-10-7-6-8-11-13/h6-8,10-11H,3-5,9,12H2,1-2H3,(H,14,15). The fraction of sp³-hybridized carbons (Fsp3) is 0.538. The Balaban J connectivity index is 2.38. The second-order valence-electron chi connectivity index (χ2n) is 4.23. The third-order valence-corrected chi connectivity index (χ3v) is 4.80. The number of hydrogen-bond acceptors (Lipinski definition) is 1. The number of hydrogen-bond donors (Lipinski definition) is 1. The van der Waals surface area contributed by atoms with Crippen LogP contribution in [0.3, 0.4) is 0 Å². The quantitative estimate of drug-likeness (QED) is 0.583. The Morgan fingerprint density at radius 1 is 1.12 bits per heavy atom. The molecule has 16 heavy (non-hydrogen) atoms. The summed E-state index contributed by atoms with van der Waals surface area (Å²) in [5.74, 6) is 0. The minimum Gasteiger partial charge on any atom is -0.302 e. The molecule has 0 aromatic heterocycles. The fourth-order valence-electron chi connectivity index (χ4n) is 1.65. The second-order valence-corrected chi connectivity index (χ2v) is 6.91. The van der Waals surface area contributed by atoms with E-state index in [0.29, 0.717) is 0 Å². The van der Waals surface area contributed by atoms with Crippen LogP contribution in [0.5, 0.6) is 0 Å². The van der Waals surface area contributed by atoms with Crippen LogP contribution in [0.4, 0.5) is 0 Å². The summed E-state index contributed by atoms with van der Waals surface area (Å²) in [6.07, 6.45) is 4.83. The van der Waals surface area contributed by atoms with E-state index in [1.165, 1.54) is 19.3 Å². The highest BCUT2D eigenvalue weighted by atomic mass is 31.2. The topological polar surface area (TPSA) is 29.1 Å². The summed E-state index contributed by atoms with van der Waals surface area (Å²) in [5.41, 5.74) is 0. The zero-order valence-corrected chi connectivity index (χ0v) is 11.2. The maximum absolute atomic E-state index is 12.3. The minimum absolute atomic E-state index is 0.850. The van der Waals surface area contributed by atoms with Crippen LogP contribution < -0.4 is 10.4 Å². The zero-order valence-electron chi connectivity index (χ0n) is 10.3. The Kier molecular flexibility index (Phi) is 5.79. The average Bonchev–Trinajstić information content (AvgIpc) is 2.30. The number of rotatable bonds is 7. The van der Waals surface area contributed by atoms with Crippen LogP contribution in [0.25, 0.3) is 0 Å². The van der Waals surface area contributed by atoms with Gasteiger partial charge in [0.1, 0.15) is 0 Å². The highest BCUT2D eigenvalue weighted by molar-refractivity contribution is 7.68. The Morgan fingerprint density at radius 2 is 1.81 bits per heavy atom. The molecular weight excluding hydrogens is 217 g/mol. The van der Waals surface area contributed by atoms with Crippen LogP contribution in [0.2, 0.25) is 0 Å². The molecule has 0 fully saturated rings. The van der Waals surface area contributed by atoms with E-state index in [-0.39, 0.29) is 0 Å². The third-order valence-electron chi connectivity index (χ3n) is 2.69. The van der Waals surface area contributed by atoms with Crippen molar-refractivity contribution in [3.8, 4) is 0 Å². The predicted molar refractivity (Wildman–Crippen MR) is 71.8 cm³/mol. The molecular formula is C13H22NOP. The van der Waals surface area contributed by atoms with Crippen molar-refractivity contribution in [3.63, 3.8) is 0 Å². The zero-order chi connectivity index (χ0) is 11.9. The molecule has 1 aromatic rings. The van der Waals surface area contributed by atoms with Gasteiger partial charge in [-0.2, -0.15) is 0 Å². The molecule has 1 rings (SSSR count). The van der Waals surface area contributed by atoms with Crippen molar-refractivity contribution in [1.82, 2.24) is 5.09 Å². The maximum atomic E-state index is 12.3. The van der Waals surface area contributed by atoms with Crippen molar-refractivity contribution >= 4 is 12.6 Å². The molecule has 0 heterocycles. The lowest BCUT2D eigenvalue weighted by molar-refractivity contribution is 0.570. The SMILES string of the molecule is CCCCCCNP(C)(=O)c1ccccc1. The van der Waals surface area contributed by atoms with Gasteiger partial charge in [0, 0.05) is 18.5 Å². The van der Waals surface area contributed by atoms with Gasteiger partial charge in [0.25, 0.3) is 0 Å². The Morgan fingerprint density at radius 3 is 2.44 bits per heavy atom. The van der Waals surface area contributed by atoms with Crippen LogP contribution in [-0.4, -0.2) is 13.2 Å². The van der Waals surface area contributed by atoms with Crippen LogP contribution in [0, 0.1) is 0 Å². The van der Waals surface area contributed by atoms with Crippen molar-refractivity contribution < 1.29 is 4.57 Å². The second kappa shape index (κ2) is 6.88. The summed E-state index contributed by atoms with van der Waals surface area (Å²) in [5, 5.41) is 4.11. The molecule has 1 unspecified atom stereocenters. The molecule has 3 heteroatoms. The molecule has 0 aliphatic rings. The van der Waals surface area contributed by atoms with Gasteiger partial charge >= 0.3 is 0 Å². The molecule has 0 saturated heterocycles. The van der Waals surface area contributed by atoms with Gasteiger partial charge in [0.15, 0.2) is 7.29 Å². The number of unbranched alkanes of at least 4 members (excludes halogenated alkanes) is 3. The van der Waals surface area contributed by atoms with Crippen LogP contribution in [0.1, 0.15) is 32.6 Å². The monoisotopic (exact) mass is 239 g/mol. The average molecular weight is 239 g/mol. The van der Waals surface area contributed by atoms with Crippen molar-refractivity contribution in [2.45, 2.75) is 32.6 Å². The first-order valence-corrected chi connectivity index (χ1v) is 8.20. The molecule has 0 saturated carbocycles. The lowest BCUT2D eigenvalue weighted by Crippen LogP contribution is -2.19. The summed E-state index contributed by atoms with van der Waals surface area (Å²) in [6, 6.07) is 9.68. The summed E-state index contributed by atoms with van der Waals surface area (Å²) in [4.78, 5) is 0. The predicted octanol–water partition coefficient (Wildman–Crippen LogP) is 3.39. The largest absolute Gasteiger partial charge is 0.302 e. The number of benzene rings is 1. The summed E-state index contributed by atoms with van der Waals surface area (Å²) >= 11 is 0. The van der Waals surface area contributed by atoms with Gasteiger partial charge in [-0.25, -0.2) is 0 Å². The van der Waals surface area contributed by atoms with Crippen molar-refractivity contribution in [2.75, 3.05) is 13.2 Å². The van der Waals surface area contributed by atoms with Gasteiger partial charge in [-0.15, -0.1) is 0 Å². The Hall–Kier alpha value is -0.590. The van der Waals surface area contributed by atoms with Crippen LogP contribution in [-0.2, 0) is 4.57 Å². The summed E-state index contributed by atoms with van der Waals surface area (Å²) in [6.45, 7) is 4.85. The van der Waals surface area contributed by atoms with Gasteiger partial charge in [-0.05, 0) is 6.42 Å². The van der Waals surface area contributed by atoms with E-state index in [9.17, 15) is 4.57 Å². The van der Waals surface area contributed by atoms with E-state index < -0.39 is 7.29 Å². The molecule has 0 aliphatic carbocycles. The summed E-state index contributed by atoms with van der Waals surface area (Å²) in [7, 11) is -2.34. The Bertz CT molecular complexity index is 337. The van der Waals surface area contributed by atoms with Gasteiger partial charge in [0.05, 0.1) is 0 Å². The Labute approximate surface area is 98.9 Å².